The van der Waals surface area contributed by atoms with Gasteiger partial charge in [-0.25, -0.2) is 0 Å². The number of aryl methyl sites for hydroxylation is 1. The quantitative estimate of drug-likeness (QED) is 0.940. The molecule has 1 aliphatic heterocycles. The van der Waals surface area contributed by atoms with Gasteiger partial charge in [0.1, 0.15) is 6.54 Å². The van der Waals surface area contributed by atoms with E-state index in [2.05, 4.69) is 25.3 Å². The number of para-hydroxylation sites is 1. The maximum atomic E-state index is 12.5. The number of aromatic nitrogens is 1. The van der Waals surface area contributed by atoms with E-state index < -0.39 is 0 Å². The Labute approximate surface area is 125 Å². The van der Waals surface area contributed by atoms with Crippen molar-refractivity contribution in [2.45, 2.75) is 26.3 Å². The molecule has 0 radical (unpaired) electrons. The lowest BCUT2D eigenvalue weighted by atomic mass is 9.98. The summed E-state index contributed by atoms with van der Waals surface area (Å²) in [4.78, 5) is 14.4. The third-order valence-electron chi connectivity index (χ3n) is 4.52. The Kier molecular flexibility index (Phi) is 3.97. The number of fused-ring (bicyclic) bond motifs is 1. The fraction of sp³-hybridized carbons (Fsp3) is 0.471. The van der Waals surface area contributed by atoms with Crippen molar-refractivity contribution in [2.75, 3.05) is 19.7 Å². The van der Waals surface area contributed by atoms with Crippen molar-refractivity contribution >= 4 is 16.8 Å². The van der Waals surface area contributed by atoms with Crippen LogP contribution in [0.5, 0.6) is 0 Å². The van der Waals surface area contributed by atoms with E-state index in [0.29, 0.717) is 12.5 Å². The minimum absolute atomic E-state index is 0.173. The summed E-state index contributed by atoms with van der Waals surface area (Å²) in [7, 11) is 0. The van der Waals surface area contributed by atoms with E-state index in [1.54, 1.807) is 0 Å². The van der Waals surface area contributed by atoms with E-state index in [1.165, 1.54) is 10.9 Å². The summed E-state index contributed by atoms with van der Waals surface area (Å²) < 4.78 is 2.05. The minimum atomic E-state index is 0.173. The van der Waals surface area contributed by atoms with E-state index in [9.17, 15) is 4.79 Å². The maximum absolute atomic E-state index is 12.5. The van der Waals surface area contributed by atoms with Crippen LogP contribution in [-0.2, 0) is 11.3 Å². The molecule has 1 aromatic carbocycles. The van der Waals surface area contributed by atoms with E-state index in [-0.39, 0.29) is 12.5 Å². The van der Waals surface area contributed by atoms with Gasteiger partial charge in [0.25, 0.3) is 0 Å². The van der Waals surface area contributed by atoms with Gasteiger partial charge in [0.2, 0.25) is 5.91 Å². The lowest BCUT2D eigenvalue weighted by Gasteiger charge is -2.31. The highest BCUT2D eigenvalue weighted by Crippen LogP contribution is 2.21. The number of rotatable bonds is 3. The zero-order valence-electron chi connectivity index (χ0n) is 12.5. The van der Waals surface area contributed by atoms with Crippen LogP contribution in [0, 0.1) is 12.8 Å². The van der Waals surface area contributed by atoms with Crippen molar-refractivity contribution in [3.05, 3.63) is 36.0 Å². The van der Waals surface area contributed by atoms with Crippen molar-refractivity contribution in [1.82, 2.24) is 9.47 Å². The molecule has 21 heavy (non-hydrogen) atoms. The van der Waals surface area contributed by atoms with Crippen molar-refractivity contribution in [1.29, 1.82) is 0 Å². The zero-order chi connectivity index (χ0) is 14.8. The normalized spacial score (nSPS) is 16.6. The number of likely N-dealkylation sites (tertiary alicyclic amines) is 1. The SMILES string of the molecule is Cc1cn(CC(=O)N2CCC(CO)CC2)c2ccccc12. The number of aliphatic hydroxyl groups excluding tert-OH is 1. The molecule has 112 valence electrons. The number of carbonyl (C=O) groups is 1. The summed E-state index contributed by atoms with van der Waals surface area (Å²) in [5.41, 5.74) is 2.32. The molecule has 0 aliphatic carbocycles. The number of nitrogens with zero attached hydrogens (tertiary/aromatic N) is 2. The second kappa shape index (κ2) is 5.90. The highest BCUT2D eigenvalue weighted by Gasteiger charge is 2.22. The number of hydrogen-bond acceptors (Lipinski definition) is 2. The number of carbonyl (C=O) groups excluding carboxylic acids is 1. The first-order valence-corrected chi connectivity index (χ1v) is 7.62. The lowest BCUT2D eigenvalue weighted by molar-refractivity contribution is -0.133. The average Bonchev–Trinajstić information content (AvgIpc) is 2.84. The molecule has 0 spiro atoms. The number of aliphatic hydroxyl groups is 1. The monoisotopic (exact) mass is 286 g/mol. The first kappa shape index (κ1) is 14.1. The summed E-state index contributed by atoms with van der Waals surface area (Å²) in [6.07, 6.45) is 3.88. The summed E-state index contributed by atoms with van der Waals surface area (Å²) in [6, 6.07) is 8.20. The van der Waals surface area contributed by atoms with Gasteiger partial charge in [-0.3, -0.25) is 4.79 Å². The molecule has 0 bridgehead atoms. The highest BCUT2D eigenvalue weighted by atomic mass is 16.3. The first-order chi connectivity index (χ1) is 10.2. The van der Waals surface area contributed by atoms with E-state index in [1.807, 2.05) is 21.6 Å². The Bertz CT molecular complexity index is 639. The van der Waals surface area contributed by atoms with Crippen molar-refractivity contribution in [2.24, 2.45) is 5.92 Å². The minimum Gasteiger partial charge on any atom is -0.396 e. The molecule has 1 amide bonds. The first-order valence-electron chi connectivity index (χ1n) is 7.62. The van der Waals surface area contributed by atoms with Crippen LogP contribution in [0.25, 0.3) is 10.9 Å². The molecular formula is C17H22N2O2. The van der Waals surface area contributed by atoms with Gasteiger partial charge in [0.05, 0.1) is 0 Å². The summed E-state index contributed by atoms with van der Waals surface area (Å²) in [5, 5.41) is 10.4. The zero-order valence-corrected chi connectivity index (χ0v) is 12.5. The van der Waals surface area contributed by atoms with Crippen molar-refractivity contribution in [3.63, 3.8) is 0 Å². The maximum Gasteiger partial charge on any atom is 0.242 e. The smallest absolute Gasteiger partial charge is 0.242 e. The predicted octanol–water partition coefficient (Wildman–Crippen LogP) is 2.18. The van der Waals surface area contributed by atoms with Crippen LogP contribution in [0.4, 0.5) is 0 Å². The van der Waals surface area contributed by atoms with Gasteiger partial charge in [-0.05, 0) is 37.3 Å². The van der Waals surface area contributed by atoms with Gasteiger partial charge >= 0.3 is 0 Å². The van der Waals surface area contributed by atoms with Gasteiger partial charge < -0.3 is 14.6 Å². The molecular weight excluding hydrogens is 264 g/mol. The average molecular weight is 286 g/mol. The van der Waals surface area contributed by atoms with E-state index in [0.717, 1.165) is 31.4 Å². The van der Waals surface area contributed by atoms with Gasteiger partial charge in [0.15, 0.2) is 0 Å². The van der Waals surface area contributed by atoms with E-state index >= 15 is 0 Å². The number of benzene rings is 1. The Balaban J connectivity index is 1.72. The fourth-order valence-electron chi connectivity index (χ4n) is 3.17. The van der Waals surface area contributed by atoms with Crippen LogP contribution in [0.1, 0.15) is 18.4 Å². The lowest BCUT2D eigenvalue weighted by Crippen LogP contribution is -2.40. The third kappa shape index (κ3) is 2.81. The standard InChI is InChI=1S/C17H22N2O2/c1-13-10-19(16-5-3-2-4-15(13)16)11-17(21)18-8-6-14(12-20)7-9-18/h2-5,10,14,20H,6-9,11-12H2,1H3. The highest BCUT2D eigenvalue weighted by molar-refractivity contribution is 5.86. The molecule has 0 saturated carbocycles. The second-order valence-corrected chi connectivity index (χ2v) is 5.96. The van der Waals surface area contributed by atoms with Gasteiger partial charge in [0, 0.05) is 36.8 Å². The summed E-state index contributed by atoms with van der Waals surface area (Å²) >= 11 is 0. The molecule has 2 aromatic rings. The molecule has 1 saturated heterocycles. The third-order valence-corrected chi connectivity index (χ3v) is 4.52. The van der Waals surface area contributed by atoms with Crippen molar-refractivity contribution in [3.8, 4) is 0 Å². The molecule has 0 unspecified atom stereocenters. The van der Waals surface area contributed by atoms with Gasteiger partial charge in [-0.2, -0.15) is 0 Å². The molecule has 2 heterocycles. The van der Waals surface area contributed by atoms with Crippen molar-refractivity contribution < 1.29 is 9.90 Å². The number of hydrogen-bond donors (Lipinski definition) is 1. The van der Waals surface area contributed by atoms with Gasteiger partial charge in [-0.15, -0.1) is 0 Å². The number of amides is 1. The van der Waals surface area contributed by atoms with Crippen LogP contribution >= 0.6 is 0 Å². The Hall–Kier alpha value is -1.81. The van der Waals surface area contributed by atoms with Crippen LogP contribution < -0.4 is 0 Å². The molecule has 1 aromatic heterocycles. The Morgan fingerprint density at radius 3 is 2.71 bits per heavy atom. The molecule has 1 aliphatic rings. The molecule has 1 fully saturated rings. The van der Waals surface area contributed by atoms with Crippen LogP contribution in [0.2, 0.25) is 0 Å². The number of piperidine rings is 1. The Morgan fingerprint density at radius 2 is 2.00 bits per heavy atom. The molecule has 4 nitrogen and oxygen atoms in total. The largest absolute Gasteiger partial charge is 0.396 e. The molecule has 1 N–H and O–H groups in total. The van der Waals surface area contributed by atoms with Crippen LogP contribution in [-0.4, -0.2) is 40.2 Å². The van der Waals surface area contributed by atoms with Gasteiger partial charge in [-0.1, -0.05) is 18.2 Å². The predicted molar refractivity (Wildman–Crippen MR) is 83.1 cm³/mol. The molecule has 0 atom stereocenters. The second-order valence-electron chi connectivity index (χ2n) is 5.96. The molecule has 4 heteroatoms. The fourth-order valence-corrected chi connectivity index (χ4v) is 3.17. The summed E-state index contributed by atoms with van der Waals surface area (Å²) in [6.45, 7) is 4.25. The Morgan fingerprint density at radius 1 is 1.29 bits per heavy atom. The topological polar surface area (TPSA) is 45.5 Å². The van der Waals surface area contributed by atoms with Crippen LogP contribution in [0.15, 0.2) is 30.5 Å². The van der Waals surface area contributed by atoms with Crippen LogP contribution in [0.3, 0.4) is 0 Å². The van der Waals surface area contributed by atoms with E-state index in [4.69, 9.17) is 5.11 Å². The summed E-state index contributed by atoms with van der Waals surface area (Å²) in [5.74, 6) is 0.538. The molecule has 3 rings (SSSR count).